The van der Waals surface area contributed by atoms with Crippen LogP contribution in [0.2, 0.25) is 0 Å². The Morgan fingerprint density at radius 2 is 1.87 bits per heavy atom. The van der Waals surface area contributed by atoms with Gasteiger partial charge in [-0.3, -0.25) is 9.79 Å². The number of benzene rings is 1. The van der Waals surface area contributed by atoms with E-state index >= 15 is 0 Å². The molecule has 1 aromatic rings. The van der Waals surface area contributed by atoms with Gasteiger partial charge in [0.25, 0.3) is 0 Å². The van der Waals surface area contributed by atoms with Crippen molar-refractivity contribution in [2.75, 3.05) is 33.3 Å². The highest BCUT2D eigenvalue weighted by Crippen LogP contribution is 2.30. The third-order valence-corrected chi connectivity index (χ3v) is 5.21. The molecule has 1 heterocycles. The lowest BCUT2D eigenvalue weighted by Gasteiger charge is -2.34. The van der Waals surface area contributed by atoms with Crippen molar-refractivity contribution in [2.24, 2.45) is 10.9 Å². The van der Waals surface area contributed by atoms with Gasteiger partial charge in [-0.2, -0.15) is 0 Å². The Morgan fingerprint density at radius 3 is 2.43 bits per heavy atom. The fraction of sp³-hybridized carbons (Fsp3) is 0.652. The topological polar surface area (TPSA) is 66.0 Å². The van der Waals surface area contributed by atoms with Gasteiger partial charge in [-0.05, 0) is 29.9 Å². The number of nitrogens with zero attached hydrogens (tertiary/aromatic N) is 2. The fourth-order valence-corrected chi connectivity index (χ4v) is 3.54. The van der Waals surface area contributed by atoms with E-state index in [9.17, 15) is 4.79 Å². The van der Waals surface area contributed by atoms with Crippen LogP contribution < -0.4 is 15.4 Å². The van der Waals surface area contributed by atoms with Gasteiger partial charge in [0.15, 0.2) is 5.96 Å². The molecule has 2 N–H and O–H groups in total. The zero-order chi connectivity index (χ0) is 21.4. The summed E-state index contributed by atoms with van der Waals surface area (Å²) in [7, 11) is 1.78. The summed E-state index contributed by atoms with van der Waals surface area (Å²) < 4.78 is 6.02. The van der Waals surface area contributed by atoms with Crippen LogP contribution in [0.4, 0.5) is 0 Å². The molecule has 0 saturated carbocycles. The molecule has 0 atom stereocenters. The first-order valence-electron chi connectivity index (χ1n) is 10.7. The number of carbonyl (C=O) groups excluding carboxylic acids is 1. The average molecular weight is 530 g/mol. The van der Waals surface area contributed by atoms with Gasteiger partial charge >= 0.3 is 0 Å². The van der Waals surface area contributed by atoms with E-state index in [0.29, 0.717) is 19.2 Å². The molecule has 170 valence electrons. The van der Waals surface area contributed by atoms with Crippen LogP contribution in [0.1, 0.15) is 53.0 Å². The maximum absolute atomic E-state index is 12.1. The van der Waals surface area contributed by atoms with Crippen molar-refractivity contribution >= 4 is 35.8 Å². The molecule has 0 aliphatic carbocycles. The third-order valence-electron chi connectivity index (χ3n) is 5.21. The fourth-order valence-electron chi connectivity index (χ4n) is 3.54. The predicted octanol–water partition coefficient (Wildman–Crippen LogP) is 3.79. The molecule has 0 bridgehead atoms. The molecule has 0 spiro atoms. The number of rotatable bonds is 6. The van der Waals surface area contributed by atoms with E-state index in [4.69, 9.17) is 4.74 Å². The minimum Gasteiger partial charge on any atom is -0.491 e. The number of para-hydroxylation sites is 1. The number of nitrogens with one attached hydrogen (secondary N) is 2. The van der Waals surface area contributed by atoms with E-state index in [1.165, 1.54) is 5.56 Å². The molecule has 0 unspecified atom stereocenters. The first-order chi connectivity index (χ1) is 13.7. The Hall–Kier alpha value is -1.51. The Bertz CT molecular complexity index is 693. The van der Waals surface area contributed by atoms with Gasteiger partial charge in [-0.15, -0.1) is 24.0 Å². The summed E-state index contributed by atoms with van der Waals surface area (Å²) in [5, 5.41) is 6.80. The molecule has 30 heavy (non-hydrogen) atoms. The summed E-state index contributed by atoms with van der Waals surface area (Å²) in [6.07, 6.45) is 1.88. The van der Waals surface area contributed by atoms with Crippen molar-refractivity contribution in [1.82, 2.24) is 15.5 Å². The Labute approximate surface area is 199 Å². The van der Waals surface area contributed by atoms with Crippen LogP contribution in [0.15, 0.2) is 29.3 Å². The quantitative estimate of drug-likeness (QED) is 0.254. The number of aliphatic imine (C=N–C) groups is 1. The molecule has 1 aliphatic heterocycles. The molecule has 2 rings (SSSR count). The zero-order valence-corrected chi connectivity index (χ0v) is 21.7. The summed E-state index contributed by atoms with van der Waals surface area (Å²) >= 11 is 0. The number of guanidine groups is 1. The molecule has 1 fully saturated rings. The second-order valence-corrected chi connectivity index (χ2v) is 8.99. The van der Waals surface area contributed by atoms with Crippen LogP contribution >= 0.6 is 24.0 Å². The molecule has 1 aliphatic rings. The highest BCUT2D eigenvalue weighted by atomic mass is 127. The normalized spacial score (nSPS) is 15.6. The number of ether oxygens (including phenoxy) is 1. The van der Waals surface area contributed by atoms with Crippen LogP contribution in [0.3, 0.4) is 0 Å². The molecule has 0 aromatic heterocycles. The molecular weight excluding hydrogens is 491 g/mol. The van der Waals surface area contributed by atoms with Gasteiger partial charge in [-0.25, -0.2) is 0 Å². The molecule has 1 saturated heterocycles. The molecular formula is C23H39IN4O2. The lowest BCUT2D eigenvalue weighted by molar-refractivity contribution is -0.135. The lowest BCUT2D eigenvalue weighted by atomic mass is 9.86. The second kappa shape index (κ2) is 12.4. The third kappa shape index (κ3) is 7.96. The van der Waals surface area contributed by atoms with E-state index in [0.717, 1.165) is 37.6 Å². The van der Waals surface area contributed by atoms with Gasteiger partial charge < -0.3 is 20.3 Å². The highest BCUT2D eigenvalue weighted by molar-refractivity contribution is 14.0. The first kappa shape index (κ1) is 26.5. The maximum atomic E-state index is 12.1. The van der Waals surface area contributed by atoms with E-state index < -0.39 is 0 Å². The van der Waals surface area contributed by atoms with E-state index in [1.807, 2.05) is 30.9 Å². The van der Waals surface area contributed by atoms with Crippen LogP contribution in [-0.2, 0) is 10.2 Å². The number of piperidine rings is 1. The van der Waals surface area contributed by atoms with E-state index in [2.05, 4.69) is 48.5 Å². The monoisotopic (exact) mass is 530 g/mol. The lowest BCUT2D eigenvalue weighted by Crippen LogP contribution is -2.50. The van der Waals surface area contributed by atoms with E-state index in [-0.39, 0.29) is 41.2 Å². The molecule has 6 nitrogen and oxygen atoms in total. The number of hydrogen-bond donors (Lipinski definition) is 2. The molecule has 7 heteroatoms. The van der Waals surface area contributed by atoms with Crippen molar-refractivity contribution in [3.63, 3.8) is 0 Å². The standard InChI is InChI=1S/C23H38N4O2.HI/c1-17(2)21(28)27-14-11-18(12-15-27)26-22(24-6)25-13-16-29-20-10-8-7-9-19(20)23(3,4)5;/h7-10,17-18H,11-16H2,1-6H3,(H2,24,25,26);1H. The van der Waals surface area contributed by atoms with Crippen LogP contribution in [0, 0.1) is 5.92 Å². The second-order valence-electron chi connectivity index (χ2n) is 8.99. The zero-order valence-electron chi connectivity index (χ0n) is 19.3. The number of likely N-dealkylation sites (tertiary alicyclic amines) is 1. The van der Waals surface area contributed by atoms with Gasteiger partial charge in [0.05, 0.1) is 6.54 Å². The summed E-state index contributed by atoms with van der Waals surface area (Å²) in [6.45, 7) is 13.3. The smallest absolute Gasteiger partial charge is 0.225 e. The van der Waals surface area contributed by atoms with Gasteiger partial charge in [0, 0.05) is 32.1 Å². The summed E-state index contributed by atoms with van der Waals surface area (Å²) in [5.74, 6) is 2.04. The highest BCUT2D eigenvalue weighted by Gasteiger charge is 2.24. The van der Waals surface area contributed by atoms with Crippen molar-refractivity contribution in [2.45, 2.75) is 58.9 Å². The minimum absolute atomic E-state index is 0. The largest absolute Gasteiger partial charge is 0.491 e. The Morgan fingerprint density at radius 1 is 1.23 bits per heavy atom. The van der Waals surface area contributed by atoms with Crippen molar-refractivity contribution in [1.29, 1.82) is 0 Å². The van der Waals surface area contributed by atoms with Gasteiger partial charge in [-0.1, -0.05) is 52.8 Å². The molecule has 1 aromatic carbocycles. The summed E-state index contributed by atoms with van der Waals surface area (Å²) in [4.78, 5) is 18.4. The number of hydrogen-bond acceptors (Lipinski definition) is 3. The molecule has 1 amide bonds. The minimum atomic E-state index is 0. The first-order valence-corrected chi connectivity index (χ1v) is 10.7. The van der Waals surface area contributed by atoms with Gasteiger partial charge in [0.2, 0.25) is 5.91 Å². The van der Waals surface area contributed by atoms with Crippen LogP contribution in [0.5, 0.6) is 5.75 Å². The van der Waals surface area contributed by atoms with Crippen molar-refractivity contribution in [3.8, 4) is 5.75 Å². The maximum Gasteiger partial charge on any atom is 0.225 e. The number of halogens is 1. The summed E-state index contributed by atoms with van der Waals surface area (Å²) in [6, 6.07) is 8.55. The van der Waals surface area contributed by atoms with Crippen LogP contribution in [0.25, 0.3) is 0 Å². The SMILES string of the molecule is CN=C(NCCOc1ccccc1C(C)(C)C)NC1CCN(C(=O)C(C)C)CC1.I. The Balaban J connectivity index is 0.00000450. The van der Waals surface area contributed by atoms with Crippen molar-refractivity contribution in [3.05, 3.63) is 29.8 Å². The average Bonchev–Trinajstić information content (AvgIpc) is 2.69. The predicted molar refractivity (Wildman–Crippen MR) is 135 cm³/mol. The van der Waals surface area contributed by atoms with Crippen LogP contribution in [-0.4, -0.2) is 56.1 Å². The number of amides is 1. The van der Waals surface area contributed by atoms with E-state index in [1.54, 1.807) is 7.05 Å². The van der Waals surface area contributed by atoms with Gasteiger partial charge in [0.1, 0.15) is 12.4 Å². The Kier molecular flexibility index (Phi) is 10.9. The molecule has 0 radical (unpaired) electrons. The summed E-state index contributed by atoms with van der Waals surface area (Å²) in [5.41, 5.74) is 1.26. The van der Waals surface area contributed by atoms with Crippen molar-refractivity contribution < 1.29 is 9.53 Å². The number of carbonyl (C=O) groups is 1.